The Morgan fingerprint density at radius 2 is 1.69 bits per heavy atom. The van der Waals surface area contributed by atoms with Crippen molar-refractivity contribution < 1.29 is 18.0 Å². The van der Waals surface area contributed by atoms with Gasteiger partial charge in [0.1, 0.15) is 5.69 Å². The summed E-state index contributed by atoms with van der Waals surface area (Å²) < 4.78 is 25.7. The van der Waals surface area contributed by atoms with Gasteiger partial charge >= 0.3 is 0 Å². The van der Waals surface area contributed by atoms with E-state index in [1.165, 1.54) is 25.1 Å². The molecule has 3 rings (SSSR count). The smallest absolute Gasteiger partial charge is 0.257 e. The van der Waals surface area contributed by atoms with Crippen molar-refractivity contribution in [3.8, 4) is 11.8 Å². The number of carbonyl (C=O) groups is 2. The summed E-state index contributed by atoms with van der Waals surface area (Å²) in [5.41, 5.74) is 2.25. The Balaban J connectivity index is 1.87. The average Bonchev–Trinajstić information content (AvgIpc) is 2.73. The normalized spacial score (nSPS) is 10.4. The lowest BCUT2D eigenvalue weighted by atomic mass is 10.1. The second-order valence-electron chi connectivity index (χ2n) is 6.82. The minimum absolute atomic E-state index is 0.0478. The molecule has 0 bridgehead atoms. The molecule has 3 N–H and O–H groups in total. The second kappa shape index (κ2) is 9.76. The van der Waals surface area contributed by atoms with Gasteiger partial charge in [0.15, 0.2) is 0 Å². The average molecular weight is 449 g/mol. The number of sulfonamides is 1. The van der Waals surface area contributed by atoms with Gasteiger partial charge in [-0.3, -0.25) is 14.3 Å². The van der Waals surface area contributed by atoms with Crippen LogP contribution in [0.15, 0.2) is 66.9 Å². The molecule has 1 heterocycles. The molecule has 162 valence electrons. The zero-order chi connectivity index (χ0) is 23.1. The lowest BCUT2D eigenvalue weighted by Crippen LogP contribution is -2.18. The maximum absolute atomic E-state index is 12.9. The molecule has 0 spiro atoms. The highest BCUT2D eigenvalue weighted by molar-refractivity contribution is 7.92. The number of pyridine rings is 1. The van der Waals surface area contributed by atoms with Crippen LogP contribution in [0, 0.1) is 11.8 Å². The number of amides is 2. The number of rotatable bonds is 5. The Hall–Kier alpha value is -4.16. The van der Waals surface area contributed by atoms with Crippen LogP contribution >= 0.6 is 0 Å². The predicted molar refractivity (Wildman–Crippen MR) is 124 cm³/mol. The van der Waals surface area contributed by atoms with Crippen LogP contribution < -0.4 is 15.4 Å². The van der Waals surface area contributed by atoms with E-state index in [-0.39, 0.29) is 17.2 Å². The van der Waals surface area contributed by atoms with Crippen LogP contribution in [0.3, 0.4) is 0 Å². The Morgan fingerprint density at radius 3 is 2.38 bits per heavy atom. The molecule has 0 saturated heterocycles. The summed E-state index contributed by atoms with van der Waals surface area (Å²) in [4.78, 5) is 28.4. The van der Waals surface area contributed by atoms with Gasteiger partial charge in [-0.1, -0.05) is 18.1 Å². The number of hydrogen-bond donors (Lipinski definition) is 3. The lowest BCUT2D eigenvalue weighted by molar-refractivity contribution is -0.114. The summed E-state index contributed by atoms with van der Waals surface area (Å²) in [7, 11) is -3.62. The van der Waals surface area contributed by atoms with Gasteiger partial charge in [-0.15, -0.1) is 0 Å². The van der Waals surface area contributed by atoms with Gasteiger partial charge in [-0.25, -0.2) is 13.4 Å². The van der Waals surface area contributed by atoms with Crippen LogP contribution in [-0.4, -0.2) is 31.5 Å². The quantitative estimate of drug-likeness (QED) is 0.519. The number of benzene rings is 2. The summed E-state index contributed by atoms with van der Waals surface area (Å²) in [6.07, 6.45) is 2.64. The van der Waals surface area contributed by atoms with Crippen LogP contribution in [-0.2, 0) is 14.8 Å². The molecule has 2 aromatic carbocycles. The Morgan fingerprint density at radius 1 is 0.906 bits per heavy atom. The van der Waals surface area contributed by atoms with E-state index in [4.69, 9.17) is 0 Å². The van der Waals surface area contributed by atoms with Gasteiger partial charge < -0.3 is 10.6 Å². The molecule has 1 aromatic heterocycles. The third-order valence-electron chi connectivity index (χ3n) is 4.00. The molecule has 2 amide bonds. The SMILES string of the molecule is CC(=O)Nc1ccc(NS(C)(=O)=O)c(C(=O)Nc2cccc(C#Cc3ccccn3)c2)c1. The number of nitrogens with zero attached hydrogens (tertiary/aromatic N) is 1. The van der Waals surface area contributed by atoms with Crippen molar-refractivity contribution in [2.75, 3.05) is 21.6 Å². The maximum Gasteiger partial charge on any atom is 0.257 e. The summed E-state index contributed by atoms with van der Waals surface area (Å²) in [5, 5.41) is 5.31. The van der Waals surface area contributed by atoms with E-state index in [0.29, 0.717) is 22.6 Å². The first kappa shape index (κ1) is 22.5. The summed E-state index contributed by atoms with van der Waals surface area (Å²) in [5.74, 6) is 5.05. The largest absolute Gasteiger partial charge is 0.326 e. The predicted octanol–water partition coefficient (Wildman–Crippen LogP) is 3.06. The summed E-state index contributed by atoms with van der Waals surface area (Å²) in [6.45, 7) is 1.33. The van der Waals surface area contributed by atoms with Crippen LogP contribution in [0.4, 0.5) is 17.1 Å². The standard InChI is InChI=1S/C23H20N4O4S/c1-16(28)25-20-11-12-22(27-32(2,30)31)21(15-20)23(29)26-19-8-5-6-17(14-19)9-10-18-7-3-4-13-24-18/h3-8,11-15,27H,1-2H3,(H,25,28)(H,26,29). The number of hydrogen-bond acceptors (Lipinski definition) is 5. The van der Waals surface area contributed by atoms with Crippen LogP contribution in [0.5, 0.6) is 0 Å². The molecule has 0 radical (unpaired) electrons. The molecule has 32 heavy (non-hydrogen) atoms. The minimum Gasteiger partial charge on any atom is -0.326 e. The number of carbonyl (C=O) groups excluding carboxylic acids is 2. The molecule has 0 aliphatic heterocycles. The lowest BCUT2D eigenvalue weighted by Gasteiger charge is -2.13. The maximum atomic E-state index is 12.9. The molecule has 0 fully saturated rings. The van der Waals surface area contributed by atoms with E-state index >= 15 is 0 Å². The molecule has 0 aliphatic carbocycles. The zero-order valence-corrected chi connectivity index (χ0v) is 18.2. The van der Waals surface area contributed by atoms with E-state index in [0.717, 1.165) is 6.26 Å². The van der Waals surface area contributed by atoms with Crippen molar-refractivity contribution in [1.29, 1.82) is 0 Å². The van der Waals surface area contributed by atoms with Crippen molar-refractivity contribution in [1.82, 2.24) is 4.98 Å². The third kappa shape index (κ3) is 6.68. The van der Waals surface area contributed by atoms with Crippen molar-refractivity contribution >= 4 is 38.9 Å². The molecule has 0 atom stereocenters. The van der Waals surface area contributed by atoms with Crippen LogP contribution in [0.1, 0.15) is 28.5 Å². The molecule has 0 saturated carbocycles. The third-order valence-corrected chi connectivity index (χ3v) is 4.59. The second-order valence-corrected chi connectivity index (χ2v) is 8.56. The highest BCUT2D eigenvalue weighted by Crippen LogP contribution is 2.23. The van der Waals surface area contributed by atoms with Gasteiger partial charge in [-0.2, -0.15) is 0 Å². The number of aromatic nitrogens is 1. The number of nitrogens with one attached hydrogen (secondary N) is 3. The van der Waals surface area contributed by atoms with E-state index in [1.807, 2.05) is 6.07 Å². The first-order chi connectivity index (χ1) is 15.2. The Kier molecular flexibility index (Phi) is 6.87. The van der Waals surface area contributed by atoms with E-state index in [1.54, 1.807) is 42.6 Å². The Bertz CT molecular complexity index is 1330. The minimum atomic E-state index is -3.62. The first-order valence-electron chi connectivity index (χ1n) is 9.43. The molecule has 3 aromatic rings. The van der Waals surface area contributed by atoms with Gasteiger partial charge in [0.05, 0.1) is 17.5 Å². The van der Waals surface area contributed by atoms with Crippen molar-refractivity contribution in [2.45, 2.75) is 6.92 Å². The summed E-state index contributed by atoms with van der Waals surface area (Å²) >= 11 is 0. The van der Waals surface area contributed by atoms with Gasteiger partial charge in [0.2, 0.25) is 15.9 Å². The highest BCUT2D eigenvalue weighted by Gasteiger charge is 2.16. The van der Waals surface area contributed by atoms with Crippen LogP contribution in [0.2, 0.25) is 0 Å². The highest BCUT2D eigenvalue weighted by atomic mass is 32.2. The van der Waals surface area contributed by atoms with E-state index in [9.17, 15) is 18.0 Å². The zero-order valence-electron chi connectivity index (χ0n) is 17.3. The van der Waals surface area contributed by atoms with Crippen molar-refractivity contribution in [3.63, 3.8) is 0 Å². The Labute approximate surface area is 186 Å². The van der Waals surface area contributed by atoms with E-state index in [2.05, 4.69) is 32.2 Å². The molecule has 9 heteroatoms. The molecular weight excluding hydrogens is 428 g/mol. The van der Waals surface area contributed by atoms with E-state index < -0.39 is 15.9 Å². The fourth-order valence-corrected chi connectivity index (χ4v) is 3.33. The first-order valence-corrected chi connectivity index (χ1v) is 11.3. The topological polar surface area (TPSA) is 117 Å². The number of anilines is 3. The fraction of sp³-hybridized carbons (Fsp3) is 0.0870. The van der Waals surface area contributed by atoms with Crippen molar-refractivity contribution in [2.24, 2.45) is 0 Å². The van der Waals surface area contributed by atoms with Crippen molar-refractivity contribution in [3.05, 3.63) is 83.7 Å². The molecule has 8 nitrogen and oxygen atoms in total. The monoisotopic (exact) mass is 448 g/mol. The van der Waals surface area contributed by atoms with Gasteiger partial charge in [-0.05, 0) is 54.5 Å². The molecule has 0 aliphatic rings. The van der Waals surface area contributed by atoms with Crippen LogP contribution in [0.25, 0.3) is 0 Å². The molecule has 0 unspecified atom stereocenters. The van der Waals surface area contributed by atoms with Gasteiger partial charge in [0.25, 0.3) is 5.91 Å². The molecular formula is C23H20N4O4S. The fourth-order valence-electron chi connectivity index (χ4n) is 2.75. The van der Waals surface area contributed by atoms with Gasteiger partial charge in [0, 0.05) is 30.1 Å². The summed E-state index contributed by atoms with van der Waals surface area (Å²) in [6, 6.07) is 16.6.